The van der Waals surface area contributed by atoms with Crippen molar-refractivity contribution in [2.75, 3.05) is 20.3 Å². The summed E-state index contributed by atoms with van der Waals surface area (Å²) in [6.45, 7) is 7.22. The highest BCUT2D eigenvalue weighted by atomic mass is 16.5. The number of benzene rings is 2. The van der Waals surface area contributed by atoms with Crippen molar-refractivity contribution in [3.8, 4) is 11.5 Å². The average Bonchev–Trinajstić information content (AvgIpc) is 2.78. The number of ether oxygens (including phenoxy) is 2. The smallest absolute Gasteiger partial charge is 0.242 e. The molecule has 0 unspecified atom stereocenters. The van der Waals surface area contributed by atoms with Crippen LogP contribution in [0.2, 0.25) is 0 Å². The van der Waals surface area contributed by atoms with E-state index in [0.29, 0.717) is 39.0 Å². The van der Waals surface area contributed by atoms with E-state index in [0.717, 1.165) is 22.6 Å². The van der Waals surface area contributed by atoms with Gasteiger partial charge in [0.15, 0.2) is 0 Å². The van der Waals surface area contributed by atoms with Crippen LogP contribution >= 0.6 is 0 Å². The summed E-state index contributed by atoms with van der Waals surface area (Å²) < 4.78 is 10.9. The minimum atomic E-state index is -0.491. The van der Waals surface area contributed by atoms with Gasteiger partial charge >= 0.3 is 0 Å². The molecule has 2 aromatic rings. The highest BCUT2D eigenvalue weighted by Gasteiger charge is 2.28. The van der Waals surface area contributed by atoms with E-state index < -0.39 is 6.04 Å². The highest BCUT2D eigenvalue weighted by molar-refractivity contribution is 5.87. The fourth-order valence-corrected chi connectivity index (χ4v) is 3.41. The fraction of sp³-hybridized carbons (Fsp3) is 0.440. The molecule has 168 valence electrons. The van der Waals surface area contributed by atoms with Crippen molar-refractivity contribution in [2.45, 2.75) is 52.6 Å². The van der Waals surface area contributed by atoms with Crippen molar-refractivity contribution in [1.29, 1.82) is 0 Å². The molecule has 2 aromatic carbocycles. The summed E-state index contributed by atoms with van der Waals surface area (Å²) in [6, 6.07) is 14.8. The fourth-order valence-electron chi connectivity index (χ4n) is 3.41. The first-order valence-corrected chi connectivity index (χ1v) is 10.9. The second-order valence-electron chi connectivity index (χ2n) is 7.39. The summed E-state index contributed by atoms with van der Waals surface area (Å²) in [5, 5.41) is 2.86. The topological polar surface area (TPSA) is 67.9 Å². The van der Waals surface area contributed by atoms with Crippen molar-refractivity contribution in [1.82, 2.24) is 10.2 Å². The van der Waals surface area contributed by atoms with Crippen LogP contribution in [0, 0.1) is 6.92 Å². The lowest BCUT2D eigenvalue weighted by Gasteiger charge is -2.31. The summed E-state index contributed by atoms with van der Waals surface area (Å²) >= 11 is 0. The quantitative estimate of drug-likeness (QED) is 0.519. The number of nitrogens with one attached hydrogen (secondary N) is 1. The van der Waals surface area contributed by atoms with Gasteiger partial charge in [-0.2, -0.15) is 0 Å². The van der Waals surface area contributed by atoms with Gasteiger partial charge in [0.2, 0.25) is 11.8 Å². The molecule has 6 heteroatoms. The molecule has 0 aliphatic carbocycles. The first-order chi connectivity index (χ1) is 15.0. The zero-order valence-corrected chi connectivity index (χ0v) is 19.0. The molecule has 0 fully saturated rings. The average molecular weight is 427 g/mol. The lowest BCUT2D eigenvalue weighted by atomic mass is 10.1. The predicted octanol–water partition coefficient (Wildman–Crippen LogP) is 4.11. The standard InChI is InChI=1S/C25H34N2O4/c1-5-23(25(29)26-6-2)27(18-20-11-8-7-10-19(20)3)24(28)12-9-17-31-22-15-13-21(30-4)14-16-22/h7-8,10-11,13-16,23H,5-6,9,12,17-18H2,1-4H3,(H,26,29)/t23-/m1/s1. The number of amides is 2. The van der Waals surface area contributed by atoms with E-state index in [1.165, 1.54) is 0 Å². The molecule has 1 atom stereocenters. The van der Waals surface area contributed by atoms with Gasteiger partial charge in [-0.3, -0.25) is 9.59 Å². The Hall–Kier alpha value is -3.02. The molecule has 0 aliphatic heterocycles. The van der Waals surface area contributed by atoms with Crippen molar-refractivity contribution in [3.63, 3.8) is 0 Å². The molecule has 0 spiro atoms. The Morgan fingerprint density at radius 1 is 1.03 bits per heavy atom. The molecule has 0 heterocycles. The van der Waals surface area contributed by atoms with E-state index in [1.807, 2.05) is 69.3 Å². The van der Waals surface area contributed by atoms with Crippen molar-refractivity contribution in [3.05, 3.63) is 59.7 Å². The predicted molar refractivity (Wildman–Crippen MR) is 122 cm³/mol. The Balaban J connectivity index is 2.02. The molecule has 0 radical (unpaired) electrons. The molecule has 31 heavy (non-hydrogen) atoms. The third kappa shape index (κ3) is 7.31. The molecule has 0 saturated heterocycles. The molecular weight excluding hydrogens is 392 g/mol. The monoisotopic (exact) mass is 426 g/mol. The van der Waals surface area contributed by atoms with Crippen LogP contribution < -0.4 is 14.8 Å². The van der Waals surface area contributed by atoms with Crippen LogP contribution in [0.25, 0.3) is 0 Å². The Morgan fingerprint density at radius 3 is 2.32 bits per heavy atom. The van der Waals surface area contributed by atoms with Crippen molar-refractivity contribution < 1.29 is 19.1 Å². The maximum Gasteiger partial charge on any atom is 0.242 e. The second-order valence-corrected chi connectivity index (χ2v) is 7.39. The molecule has 2 amide bonds. The van der Waals surface area contributed by atoms with Gasteiger partial charge in [0, 0.05) is 19.5 Å². The van der Waals surface area contributed by atoms with Gasteiger partial charge < -0.3 is 19.7 Å². The molecule has 1 N–H and O–H groups in total. The van der Waals surface area contributed by atoms with Gasteiger partial charge in [0.1, 0.15) is 17.5 Å². The van der Waals surface area contributed by atoms with Crippen LogP contribution in [-0.4, -0.2) is 43.0 Å². The number of rotatable bonds is 12. The summed E-state index contributed by atoms with van der Waals surface area (Å²) in [6.07, 6.45) is 1.45. The minimum Gasteiger partial charge on any atom is -0.497 e. The van der Waals surface area contributed by atoms with Crippen molar-refractivity contribution >= 4 is 11.8 Å². The molecule has 0 aromatic heterocycles. The number of carbonyl (C=O) groups excluding carboxylic acids is 2. The van der Waals surface area contributed by atoms with E-state index >= 15 is 0 Å². The zero-order chi connectivity index (χ0) is 22.6. The summed E-state index contributed by atoms with van der Waals surface area (Å²) in [7, 11) is 1.62. The van der Waals surface area contributed by atoms with E-state index in [-0.39, 0.29) is 11.8 Å². The van der Waals surface area contributed by atoms with Gasteiger partial charge in [-0.05, 0) is 62.1 Å². The Labute approximate surface area is 185 Å². The van der Waals surface area contributed by atoms with Crippen molar-refractivity contribution in [2.24, 2.45) is 0 Å². The maximum absolute atomic E-state index is 13.1. The molecule has 0 bridgehead atoms. The summed E-state index contributed by atoms with van der Waals surface area (Å²) in [5.41, 5.74) is 2.15. The third-order valence-electron chi connectivity index (χ3n) is 5.20. The summed E-state index contributed by atoms with van der Waals surface area (Å²) in [5.74, 6) is 1.35. The van der Waals surface area contributed by atoms with E-state index in [4.69, 9.17) is 9.47 Å². The van der Waals surface area contributed by atoms with Crippen LogP contribution in [0.15, 0.2) is 48.5 Å². The van der Waals surface area contributed by atoms with Gasteiger partial charge in [-0.15, -0.1) is 0 Å². The molecule has 0 saturated carbocycles. The van der Waals surface area contributed by atoms with E-state index in [2.05, 4.69) is 5.32 Å². The molecule has 6 nitrogen and oxygen atoms in total. The van der Waals surface area contributed by atoms with E-state index in [1.54, 1.807) is 12.0 Å². The van der Waals surface area contributed by atoms with Gasteiger partial charge in [-0.1, -0.05) is 31.2 Å². The van der Waals surface area contributed by atoms with Gasteiger partial charge in [-0.25, -0.2) is 0 Å². The first-order valence-electron chi connectivity index (χ1n) is 10.9. The van der Waals surface area contributed by atoms with E-state index in [9.17, 15) is 9.59 Å². The van der Waals surface area contributed by atoms with Crippen LogP contribution in [0.4, 0.5) is 0 Å². The molecule has 0 aliphatic rings. The largest absolute Gasteiger partial charge is 0.497 e. The Bertz CT molecular complexity index is 836. The lowest BCUT2D eigenvalue weighted by molar-refractivity contribution is -0.141. The SMILES string of the molecule is CCNC(=O)[C@@H](CC)N(Cc1ccccc1C)C(=O)CCCOc1ccc(OC)cc1. The van der Waals surface area contributed by atoms with Crippen LogP contribution in [-0.2, 0) is 16.1 Å². The van der Waals surface area contributed by atoms with Crippen LogP contribution in [0.1, 0.15) is 44.2 Å². The van der Waals surface area contributed by atoms with Gasteiger partial charge in [0.25, 0.3) is 0 Å². The number of likely N-dealkylation sites (N-methyl/N-ethyl adjacent to an activating group) is 1. The highest BCUT2D eigenvalue weighted by Crippen LogP contribution is 2.19. The zero-order valence-electron chi connectivity index (χ0n) is 19.0. The Kier molecular flexibility index (Phi) is 9.88. The van der Waals surface area contributed by atoms with Crippen LogP contribution in [0.3, 0.4) is 0 Å². The summed E-state index contributed by atoms with van der Waals surface area (Å²) in [4.78, 5) is 27.5. The Morgan fingerprint density at radius 2 is 1.71 bits per heavy atom. The number of nitrogens with zero attached hydrogens (tertiary/aromatic N) is 1. The van der Waals surface area contributed by atoms with Crippen LogP contribution in [0.5, 0.6) is 11.5 Å². The first kappa shape index (κ1) is 24.3. The molecular formula is C25H34N2O4. The third-order valence-corrected chi connectivity index (χ3v) is 5.20. The number of methoxy groups -OCH3 is 1. The number of aryl methyl sites for hydroxylation is 1. The second kappa shape index (κ2) is 12.6. The number of hydrogen-bond donors (Lipinski definition) is 1. The lowest BCUT2D eigenvalue weighted by Crippen LogP contribution is -2.49. The molecule has 2 rings (SSSR count). The van der Waals surface area contributed by atoms with Gasteiger partial charge in [0.05, 0.1) is 13.7 Å². The number of hydrogen-bond acceptors (Lipinski definition) is 4. The normalized spacial score (nSPS) is 11.5. The number of carbonyl (C=O) groups is 2. The maximum atomic E-state index is 13.1. The minimum absolute atomic E-state index is 0.0420.